The Kier molecular flexibility index (Phi) is 4.24. The molecule has 0 fully saturated rings. The zero-order valence-electron chi connectivity index (χ0n) is 13.2. The number of aromatic amines is 1. The number of aromatic nitrogens is 2. The minimum absolute atomic E-state index is 0.0119. The molecule has 0 radical (unpaired) electrons. The third kappa shape index (κ3) is 3.48. The van der Waals surface area contributed by atoms with Crippen LogP contribution >= 0.6 is 0 Å². The Balaban J connectivity index is 1.85. The molecule has 1 unspecified atom stereocenters. The van der Waals surface area contributed by atoms with E-state index in [0.29, 0.717) is 0 Å². The van der Waals surface area contributed by atoms with Crippen molar-refractivity contribution >= 4 is 5.91 Å². The summed E-state index contributed by atoms with van der Waals surface area (Å²) in [6, 6.07) is 18.6. The molecule has 0 aliphatic heterocycles. The first-order valence-electron chi connectivity index (χ1n) is 7.61. The van der Waals surface area contributed by atoms with Crippen LogP contribution in [0.2, 0.25) is 0 Å². The molecule has 2 N–H and O–H groups in total. The summed E-state index contributed by atoms with van der Waals surface area (Å²) in [6.07, 6.45) is 1.75. The summed E-state index contributed by atoms with van der Waals surface area (Å²) >= 11 is 0. The topological polar surface area (TPSA) is 57.8 Å². The monoisotopic (exact) mass is 305 g/mol. The molecule has 4 nitrogen and oxygen atoms in total. The molecule has 1 atom stereocenters. The fourth-order valence-corrected chi connectivity index (χ4v) is 2.64. The SMILES string of the molecule is CC(=O)NC(C)c1ccc(-c2cccc(-c3ccn[nH]3)c2)cc1. The van der Waals surface area contributed by atoms with Crippen molar-refractivity contribution in [2.75, 3.05) is 0 Å². The molecule has 1 aromatic heterocycles. The Hall–Kier alpha value is -2.88. The number of carbonyl (C=O) groups is 1. The lowest BCUT2D eigenvalue weighted by atomic mass is 9.99. The third-order valence-electron chi connectivity index (χ3n) is 3.84. The summed E-state index contributed by atoms with van der Waals surface area (Å²) in [6.45, 7) is 3.51. The minimum Gasteiger partial charge on any atom is -0.350 e. The smallest absolute Gasteiger partial charge is 0.217 e. The first-order valence-corrected chi connectivity index (χ1v) is 7.61. The van der Waals surface area contributed by atoms with Crippen LogP contribution < -0.4 is 5.32 Å². The van der Waals surface area contributed by atoms with Gasteiger partial charge in [0.05, 0.1) is 11.7 Å². The zero-order valence-corrected chi connectivity index (χ0v) is 13.2. The summed E-state index contributed by atoms with van der Waals surface area (Å²) in [5, 5.41) is 9.88. The first-order chi connectivity index (χ1) is 11.1. The molecule has 0 aliphatic carbocycles. The maximum Gasteiger partial charge on any atom is 0.217 e. The number of carbonyl (C=O) groups excluding carboxylic acids is 1. The molecule has 3 rings (SSSR count). The van der Waals surface area contributed by atoms with Crippen molar-refractivity contribution in [3.8, 4) is 22.4 Å². The second-order valence-corrected chi connectivity index (χ2v) is 5.60. The highest BCUT2D eigenvalue weighted by atomic mass is 16.1. The largest absolute Gasteiger partial charge is 0.350 e. The van der Waals surface area contributed by atoms with E-state index in [0.717, 1.165) is 27.9 Å². The van der Waals surface area contributed by atoms with E-state index in [9.17, 15) is 4.79 Å². The van der Waals surface area contributed by atoms with Crippen LogP contribution in [0.3, 0.4) is 0 Å². The van der Waals surface area contributed by atoms with E-state index in [-0.39, 0.29) is 11.9 Å². The van der Waals surface area contributed by atoms with Crippen LogP contribution in [-0.2, 0) is 4.79 Å². The van der Waals surface area contributed by atoms with E-state index in [1.165, 1.54) is 6.92 Å². The number of nitrogens with zero attached hydrogens (tertiary/aromatic N) is 1. The number of benzene rings is 2. The van der Waals surface area contributed by atoms with Crippen molar-refractivity contribution in [1.29, 1.82) is 0 Å². The Morgan fingerprint density at radius 1 is 1.04 bits per heavy atom. The number of amides is 1. The second kappa shape index (κ2) is 6.48. The van der Waals surface area contributed by atoms with Gasteiger partial charge in [-0.1, -0.05) is 42.5 Å². The van der Waals surface area contributed by atoms with Crippen LogP contribution in [0.4, 0.5) is 0 Å². The molecule has 23 heavy (non-hydrogen) atoms. The maximum absolute atomic E-state index is 11.1. The fourth-order valence-electron chi connectivity index (χ4n) is 2.64. The number of nitrogens with one attached hydrogen (secondary N) is 2. The van der Waals surface area contributed by atoms with Crippen LogP contribution in [-0.4, -0.2) is 16.1 Å². The Bertz CT molecular complexity index is 792. The van der Waals surface area contributed by atoms with Gasteiger partial charge in [-0.25, -0.2) is 0 Å². The van der Waals surface area contributed by atoms with Gasteiger partial charge in [0.25, 0.3) is 0 Å². The minimum atomic E-state index is -0.0196. The molecule has 0 saturated carbocycles. The van der Waals surface area contributed by atoms with Gasteiger partial charge in [-0.3, -0.25) is 9.89 Å². The number of hydrogen-bond donors (Lipinski definition) is 2. The molecule has 0 spiro atoms. The predicted molar refractivity (Wildman–Crippen MR) is 91.7 cm³/mol. The second-order valence-electron chi connectivity index (χ2n) is 5.60. The van der Waals surface area contributed by atoms with Crippen molar-refractivity contribution in [2.24, 2.45) is 0 Å². The van der Waals surface area contributed by atoms with E-state index in [2.05, 4.69) is 58.0 Å². The van der Waals surface area contributed by atoms with E-state index >= 15 is 0 Å². The average molecular weight is 305 g/mol. The van der Waals surface area contributed by atoms with E-state index < -0.39 is 0 Å². The fraction of sp³-hybridized carbons (Fsp3) is 0.158. The first kappa shape index (κ1) is 15.0. The van der Waals surface area contributed by atoms with Crippen LogP contribution in [0, 0.1) is 0 Å². The van der Waals surface area contributed by atoms with Gasteiger partial charge in [0.1, 0.15) is 0 Å². The standard InChI is InChI=1S/C19H19N3O/c1-13(21-14(2)23)15-6-8-16(9-7-15)17-4-3-5-18(12-17)19-10-11-20-22-19/h3-13H,1-2H3,(H,20,22)(H,21,23). The normalized spacial score (nSPS) is 11.9. The van der Waals surface area contributed by atoms with Gasteiger partial charge in [-0.2, -0.15) is 5.10 Å². The van der Waals surface area contributed by atoms with Crippen molar-refractivity contribution in [1.82, 2.24) is 15.5 Å². The molecule has 4 heteroatoms. The van der Waals surface area contributed by atoms with Crippen LogP contribution in [0.25, 0.3) is 22.4 Å². The molecular formula is C19H19N3O. The van der Waals surface area contributed by atoms with E-state index in [4.69, 9.17) is 0 Å². The van der Waals surface area contributed by atoms with Gasteiger partial charge in [0, 0.05) is 18.7 Å². The summed E-state index contributed by atoms with van der Waals surface area (Å²) < 4.78 is 0. The molecule has 0 saturated heterocycles. The molecular weight excluding hydrogens is 286 g/mol. The Labute approximate surface area is 135 Å². The van der Waals surface area contributed by atoms with Crippen LogP contribution in [0.15, 0.2) is 60.8 Å². The van der Waals surface area contributed by atoms with Gasteiger partial charge >= 0.3 is 0 Å². The van der Waals surface area contributed by atoms with Gasteiger partial charge in [0.2, 0.25) is 5.91 Å². The van der Waals surface area contributed by atoms with Crippen molar-refractivity contribution in [3.63, 3.8) is 0 Å². The van der Waals surface area contributed by atoms with Gasteiger partial charge in [0.15, 0.2) is 0 Å². The Morgan fingerprint density at radius 2 is 1.78 bits per heavy atom. The third-order valence-corrected chi connectivity index (χ3v) is 3.84. The predicted octanol–water partition coefficient (Wildman–Crippen LogP) is 3.94. The highest BCUT2D eigenvalue weighted by Gasteiger charge is 2.07. The summed E-state index contributed by atoms with van der Waals surface area (Å²) in [4.78, 5) is 11.1. The molecule has 116 valence electrons. The molecule has 2 aromatic carbocycles. The number of rotatable bonds is 4. The van der Waals surface area contributed by atoms with Crippen LogP contribution in [0.1, 0.15) is 25.5 Å². The number of H-pyrrole nitrogens is 1. The van der Waals surface area contributed by atoms with Gasteiger partial charge in [-0.05, 0) is 35.7 Å². The molecule has 1 heterocycles. The molecule has 3 aromatic rings. The van der Waals surface area contributed by atoms with Crippen LogP contribution in [0.5, 0.6) is 0 Å². The molecule has 0 bridgehead atoms. The summed E-state index contributed by atoms with van der Waals surface area (Å²) in [7, 11) is 0. The number of hydrogen-bond acceptors (Lipinski definition) is 2. The van der Waals surface area contributed by atoms with Crippen molar-refractivity contribution in [2.45, 2.75) is 19.9 Å². The van der Waals surface area contributed by atoms with Crippen molar-refractivity contribution < 1.29 is 4.79 Å². The van der Waals surface area contributed by atoms with Crippen molar-refractivity contribution in [3.05, 3.63) is 66.4 Å². The lowest BCUT2D eigenvalue weighted by Gasteiger charge is -2.13. The van der Waals surface area contributed by atoms with Gasteiger partial charge in [-0.15, -0.1) is 0 Å². The summed E-state index contributed by atoms with van der Waals surface area (Å²) in [5.41, 5.74) is 5.49. The van der Waals surface area contributed by atoms with E-state index in [1.54, 1.807) is 6.20 Å². The highest BCUT2D eigenvalue weighted by Crippen LogP contribution is 2.26. The average Bonchev–Trinajstić information content (AvgIpc) is 3.09. The van der Waals surface area contributed by atoms with E-state index in [1.807, 2.05) is 19.1 Å². The highest BCUT2D eigenvalue weighted by molar-refractivity contribution is 5.74. The van der Waals surface area contributed by atoms with Gasteiger partial charge < -0.3 is 5.32 Å². The quantitative estimate of drug-likeness (QED) is 0.767. The lowest BCUT2D eigenvalue weighted by molar-refractivity contribution is -0.119. The molecule has 0 aliphatic rings. The summed E-state index contributed by atoms with van der Waals surface area (Å²) in [5.74, 6) is -0.0196. The maximum atomic E-state index is 11.1. The lowest BCUT2D eigenvalue weighted by Crippen LogP contribution is -2.23. The Morgan fingerprint density at radius 3 is 2.43 bits per heavy atom. The zero-order chi connectivity index (χ0) is 16.2. The molecule has 1 amide bonds.